The Kier molecular flexibility index (Phi) is 5.48. The molecule has 3 aromatic rings. The first-order valence-corrected chi connectivity index (χ1v) is 9.20. The molecule has 2 aromatic carbocycles. The number of carbonyl (C=O) groups excluding carboxylic acids is 1. The van der Waals surface area contributed by atoms with E-state index in [9.17, 15) is 9.90 Å². The summed E-state index contributed by atoms with van der Waals surface area (Å²) < 4.78 is 0. The number of hydrogen-bond acceptors (Lipinski definition) is 6. The third-order valence-corrected chi connectivity index (χ3v) is 5.00. The van der Waals surface area contributed by atoms with Crippen molar-refractivity contribution >= 4 is 39.4 Å². The highest BCUT2D eigenvalue weighted by Crippen LogP contribution is 2.25. The van der Waals surface area contributed by atoms with E-state index in [-0.39, 0.29) is 11.3 Å². The van der Waals surface area contributed by atoms with E-state index in [0.29, 0.717) is 0 Å². The molecule has 134 valence electrons. The zero-order valence-corrected chi connectivity index (χ0v) is 15.5. The van der Waals surface area contributed by atoms with Gasteiger partial charge in [0.25, 0.3) is 5.91 Å². The van der Waals surface area contributed by atoms with E-state index < -0.39 is 5.91 Å². The maximum Gasteiger partial charge on any atom is 0.275 e. The Labute approximate surface area is 155 Å². The summed E-state index contributed by atoms with van der Waals surface area (Å²) >= 11 is 1.51. The lowest BCUT2D eigenvalue weighted by atomic mass is 10.1. The molecule has 1 amide bonds. The van der Waals surface area contributed by atoms with Crippen molar-refractivity contribution in [3.8, 4) is 5.75 Å². The molecule has 0 unspecified atom stereocenters. The monoisotopic (exact) mass is 368 g/mol. The molecule has 0 aliphatic carbocycles. The summed E-state index contributed by atoms with van der Waals surface area (Å²) in [6.07, 6.45) is 3.28. The largest absolute Gasteiger partial charge is 0.507 e. The van der Waals surface area contributed by atoms with Gasteiger partial charge in [-0.25, -0.2) is 10.4 Å². The standard InChI is InChI=1S/C19H20N4O2S/c1-3-23(4-2)19-20-11-15(26-19)12-21-22-18(25)16-9-13-7-5-6-8-14(13)10-17(16)24/h5-12,24H,3-4H2,1-2H3,(H,22,25). The van der Waals surface area contributed by atoms with E-state index in [4.69, 9.17) is 0 Å². The van der Waals surface area contributed by atoms with Crippen LogP contribution < -0.4 is 10.3 Å². The van der Waals surface area contributed by atoms with Gasteiger partial charge in [-0.3, -0.25) is 4.79 Å². The summed E-state index contributed by atoms with van der Waals surface area (Å²) in [6.45, 7) is 5.93. The second-order valence-corrected chi connectivity index (χ2v) is 6.67. The summed E-state index contributed by atoms with van der Waals surface area (Å²) in [6, 6.07) is 10.8. The Morgan fingerprint density at radius 1 is 1.27 bits per heavy atom. The number of hydrazone groups is 1. The second-order valence-electron chi connectivity index (χ2n) is 5.63. The quantitative estimate of drug-likeness (QED) is 0.515. The van der Waals surface area contributed by atoms with Crippen molar-refractivity contribution in [1.29, 1.82) is 0 Å². The number of nitrogens with zero attached hydrogens (tertiary/aromatic N) is 3. The van der Waals surface area contributed by atoms with E-state index in [1.807, 2.05) is 24.3 Å². The number of carbonyl (C=O) groups is 1. The molecule has 0 aliphatic heterocycles. The normalized spacial score (nSPS) is 11.2. The molecule has 0 saturated carbocycles. The first-order chi connectivity index (χ1) is 12.6. The van der Waals surface area contributed by atoms with Crippen LogP contribution in [0.25, 0.3) is 10.8 Å². The average molecular weight is 368 g/mol. The number of nitrogens with one attached hydrogen (secondary N) is 1. The SMILES string of the molecule is CCN(CC)c1ncc(C=NNC(=O)c2cc3ccccc3cc2O)s1. The van der Waals surface area contributed by atoms with Crippen LogP contribution in [0.2, 0.25) is 0 Å². The molecule has 0 radical (unpaired) electrons. The van der Waals surface area contributed by atoms with E-state index in [0.717, 1.165) is 33.9 Å². The van der Waals surface area contributed by atoms with Gasteiger partial charge in [0.15, 0.2) is 5.13 Å². The van der Waals surface area contributed by atoms with Gasteiger partial charge in [-0.05, 0) is 36.8 Å². The van der Waals surface area contributed by atoms with Gasteiger partial charge in [0.2, 0.25) is 0 Å². The molecule has 2 N–H and O–H groups in total. The van der Waals surface area contributed by atoms with Crippen LogP contribution in [-0.4, -0.2) is 35.3 Å². The van der Waals surface area contributed by atoms with Crippen LogP contribution in [0.4, 0.5) is 5.13 Å². The highest BCUT2D eigenvalue weighted by Gasteiger charge is 2.12. The fourth-order valence-electron chi connectivity index (χ4n) is 2.60. The molecule has 3 rings (SSSR count). The summed E-state index contributed by atoms with van der Waals surface area (Å²) in [4.78, 5) is 19.7. The van der Waals surface area contributed by atoms with Crippen LogP contribution >= 0.6 is 11.3 Å². The van der Waals surface area contributed by atoms with Crippen molar-refractivity contribution in [2.24, 2.45) is 5.10 Å². The van der Waals surface area contributed by atoms with Crippen LogP contribution in [0.15, 0.2) is 47.7 Å². The molecule has 0 spiro atoms. The van der Waals surface area contributed by atoms with Gasteiger partial charge in [0.05, 0.1) is 16.7 Å². The molecule has 0 aliphatic rings. The third kappa shape index (κ3) is 3.83. The Bertz CT molecular complexity index is 948. The lowest BCUT2D eigenvalue weighted by Gasteiger charge is -2.16. The van der Waals surface area contributed by atoms with Gasteiger partial charge in [-0.1, -0.05) is 35.6 Å². The highest BCUT2D eigenvalue weighted by atomic mass is 32.1. The second kappa shape index (κ2) is 7.97. The van der Waals surface area contributed by atoms with Crippen molar-refractivity contribution in [3.63, 3.8) is 0 Å². The number of amides is 1. The molecule has 1 heterocycles. The predicted octanol–water partition coefficient (Wildman–Crippen LogP) is 3.61. The van der Waals surface area contributed by atoms with E-state index in [2.05, 4.69) is 34.3 Å². The molecular formula is C19H20N4O2S. The van der Waals surface area contributed by atoms with Crippen LogP contribution in [0.1, 0.15) is 29.1 Å². The number of phenols is 1. The third-order valence-electron chi connectivity index (χ3n) is 4.01. The number of rotatable bonds is 6. The van der Waals surface area contributed by atoms with Gasteiger partial charge in [0, 0.05) is 19.3 Å². The number of thiazole rings is 1. The number of aromatic hydroxyl groups is 1. The minimum absolute atomic E-state index is 0.0713. The number of hydrogen-bond donors (Lipinski definition) is 2. The Balaban J connectivity index is 1.71. The van der Waals surface area contributed by atoms with Crippen molar-refractivity contribution in [2.75, 3.05) is 18.0 Å². The first kappa shape index (κ1) is 17.9. The van der Waals surface area contributed by atoms with Crippen LogP contribution in [0, 0.1) is 0 Å². The van der Waals surface area contributed by atoms with Gasteiger partial charge in [0.1, 0.15) is 5.75 Å². The van der Waals surface area contributed by atoms with Crippen LogP contribution in [0.5, 0.6) is 5.75 Å². The molecular weight excluding hydrogens is 348 g/mol. The van der Waals surface area contributed by atoms with Gasteiger partial charge in [-0.2, -0.15) is 5.10 Å². The molecule has 0 fully saturated rings. The summed E-state index contributed by atoms with van der Waals surface area (Å²) in [5, 5.41) is 16.7. The number of benzene rings is 2. The van der Waals surface area contributed by atoms with Gasteiger partial charge < -0.3 is 10.0 Å². The summed E-state index contributed by atoms with van der Waals surface area (Å²) in [5.41, 5.74) is 2.64. The number of phenolic OH excluding ortho intramolecular Hbond substituents is 1. The Morgan fingerprint density at radius 3 is 2.65 bits per heavy atom. The molecule has 7 heteroatoms. The Hall–Kier alpha value is -2.93. The first-order valence-electron chi connectivity index (χ1n) is 8.38. The van der Waals surface area contributed by atoms with E-state index >= 15 is 0 Å². The number of anilines is 1. The molecule has 0 atom stereocenters. The van der Waals surface area contributed by atoms with Crippen molar-refractivity contribution in [1.82, 2.24) is 10.4 Å². The minimum Gasteiger partial charge on any atom is -0.507 e. The van der Waals surface area contributed by atoms with E-state index in [1.165, 1.54) is 11.3 Å². The van der Waals surface area contributed by atoms with Gasteiger partial charge >= 0.3 is 0 Å². The minimum atomic E-state index is -0.460. The topological polar surface area (TPSA) is 77.8 Å². The number of fused-ring (bicyclic) bond motifs is 1. The lowest BCUT2D eigenvalue weighted by molar-refractivity contribution is 0.0952. The Morgan fingerprint density at radius 2 is 1.96 bits per heavy atom. The smallest absolute Gasteiger partial charge is 0.275 e. The molecule has 26 heavy (non-hydrogen) atoms. The van der Waals surface area contributed by atoms with Crippen molar-refractivity contribution in [2.45, 2.75) is 13.8 Å². The molecule has 0 bridgehead atoms. The lowest BCUT2D eigenvalue weighted by Crippen LogP contribution is -2.21. The van der Waals surface area contributed by atoms with Gasteiger partial charge in [-0.15, -0.1) is 0 Å². The molecule has 0 saturated heterocycles. The average Bonchev–Trinajstić information content (AvgIpc) is 3.10. The zero-order chi connectivity index (χ0) is 18.5. The predicted molar refractivity (Wildman–Crippen MR) is 106 cm³/mol. The van der Waals surface area contributed by atoms with Crippen molar-refractivity contribution in [3.05, 3.63) is 53.0 Å². The maximum absolute atomic E-state index is 12.3. The highest BCUT2D eigenvalue weighted by molar-refractivity contribution is 7.17. The fourth-order valence-corrected chi connectivity index (χ4v) is 3.52. The number of aromatic nitrogens is 1. The molecule has 1 aromatic heterocycles. The summed E-state index contributed by atoms with van der Waals surface area (Å²) in [5.74, 6) is -0.531. The molecule has 6 nitrogen and oxygen atoms in total. The van der Waals surface area contributed by atoms with E-state index in [1.54, 1.807) is 24.5 Å². The van der Waals surface area contributed by atoms with Crippen molar-refractivity contribution < 1.29 is 9.90 Å². The van der Waals surface area contributed by atoms with Crippen LogP contribution in [-0.2, 0) is 0 Å². The zero-order valence-electron chi connectivity index (χ0n) is 14.6. The van der Waals surface area contributed by atoms with Crippen LogP contribution in [0.3, 0.4) is 0 Å². The fraction of sp³-hybridized carbons (Fsp3) is 0.211. The summed E-state index contributed by atoms with van der Waals surface area (Å²) in [7, 11) is 0. The maximum atomic E-state index is 12.3.